The van der Waals surface area contributed by atoms with E-state index in [4.69, 9.17) is 9.90 Å². The molecule has 0 radical (unpaired) electrons. The lowest BCUT2D eigenvalue weighted by atomic mass is 9.88. The molecule has 4 aromatic carbocycles. The Kier molecular flexibility index (Phi) is 12.3. The number of nitrogens with one attached hydrogen (secondary N) is 1. The quantitative estimate of drug-likeness (QED) is 0.103. The van der Waals surface area contributed by atoms with Gasteiger partial charge in [0.2, 0.25) is 11.8 Å². The lowest BCUT2D eigenvalue weighted by Crippen LogP contribution is -2.52. The molecule has 3 fully saturated rings. The molecule has 3 saturated heterocycles. The van der Waals surface area contributed by atoms with E-state index in [0.717, 1.165) is 69.0 Å². The van der Waals surface area contributed by atoms with Gasteiger partial charge in [0.15, 0.2) is 0 Å². The van der Waals surface area contributed by atoms with Crippen LogP contribution in [0.5, 0.6) is 5.75 Å². The number of carbonyl (C=O) groups excluding carboxylic acids is 3. The number of piperazine rings is 1. The second kappa shape index (κ2) is 17.9. The third kappa shape index (κ3) is 8.89. The van der Waals surface area contributed by atoms with Crippen LogP contribution in [-0.2, 0) is 20.9 Å². The number of hydrogen-bond acceptors (Lipinski definition) is 8. The molecule has 0 bridgehead atoms. The number of carbonyl (C=O) groups is 4. The summed E-state index contributed by atoms with van der Waals surface area (Å²) in [4.78, 5) is 54.8. The van der Waals surface area contributed by atoms with Gasteiger partial charge in [0, 0.05) is 75.7 Å². The Hall–Kier alpha value is -5.94. The van der Waals surface area contributed by atoms with Gasteiger partial charge in [-0.05, 0) is 107 Å². The molecule has 296 valence electrons. The molecule has 0 aliphatic carbocycles. The van der Waals surface area contributed by atoms with E-state index in [-0.39, 0.29) is 36.4 Å². The first kappa shape index (κ1) is 39.3. The molecule has 8 rings (SSSR count). The van der Waals surface area contributed by atoms with Crippen LogP contribution >= 0.6 is 0 Å². The molecule has 3 amide bonds. The van der Waals surface area contributed by atoms with Crippen molar-refractivity contribution in [1.82, 2.24) is 15.1 Å². The van der Waals surface area contributed by atoms with Gasteiger partial charge < -0.3 is 24.9 Å². The standard InChI is InChI=1S/C45H49N5O4.CH2O2/c1-2-39(32-6-4-3-5-7-32)43(34-10-15-38(51)16-11-34)33-8-12-36(13-9-33)48-22-20-31(21-23-48)29-47-24-26-49(27-25-47)37-14-17-40-35(28-37)30-50(45(40)54)41-18-19-42(52)46-44(41)53;2-1-3/h3-17,28,31,41,51H,2,18-27,29-30H2,1H3,(H,46,52,53);1H,(H,2,3)/b43-39+;/t41-;/m0./s1. The number of allylic oxidation sites excluding steroid dienone is 1. The summed E-state index contributed by atoms with van der Waals surface area (Å²) in [5.74, 6) is 0.185. The number of fused-ring (bicyclic) bond motifs is 1. The molecule has 1 atom stereocenters. The van der Waals surface area contributed by atoms with Crippen molar-refractivity contribution in [3.05, 3.63) is 125 Å². The van der Waals surface area contributed by atoms with Crippen molar-refractivity contribution in [2.45, 2.75) is 51.6 Å². The molecule has 57 heavy (non-hydrogen) atoms. The maximum Gasteiger partial charge on any atom is 0.290 e. The van der Waals surface area contributed by atoms with Crippen LogP contribution in [0.4, 0.5) is 11.4 Å². The zero-order valence-corrected chi connectivity index (χ0v) is 32.5. The predicted molar refractivity (Wildman–Crippen MR) is 222 cm³/mol. The largest absolute Gasteiger partial charge is 0.508 e. The summed E-state index contributed by atoms with van der Waals surface area (Å²) < 4.78 is 0. The first-order valence-corrected chi connectivity index (χ1v) is 20.0. The number of piperidine rings is 2. The third-order valence-electron chi connectivity index (χ3n) is 11.8. The highest BCUT2D eigenvalue weighted by atomic mass is 16.3. The minimum Gasteiger partial charge on any atom is -0.508 e. The van der Waals surface area contributed by atoms with E-state index in [1.54, 1.807) is 17.0 Å². The Bertz CT molecular complexity index is 2090. The number of rotatable bonds is 9. The first-order valence-electron chi connectivity index (χ1n) is 20.0. The van der Waals surface area contributed by atoms with Gasteiger partial charge in [-0.25, -0.2) is 0 Å². The van der Waals surface area contributed by atoms with E-state index in [1.807, 2.05) is 24.3 Å². The number of anilines is 2. The summed E-state index contributed by atoms with van der Waals surface area (Å²) in [7, 11) is 0. The molecule has 11 nitrogen and oxygen atoms in total. The van der Waals surface area contributed by atoms with Crippen LogP contribution in [0.25, 0.3) is 11.1 Å². The molecule has 4 aliphatic rings. The van der Waals surface area contributed by atoms with Crippen molar-refractivity contribution >= 4 is 46.7 Å². The molecule has 0 spiro atoms. The fraction of sp³-hybridized carbons (Fsp3) is 0.348. The lowest BCUT2D eigenvalue weighted by molar-refractivity contribution is -0.137. The fourth-order valence-corrected chi connectivity index (χ4v) is 8.83. The lowest BCUT2D eigenvalue weighted by Gasteiger charge is -2.40. The Morgan fingerprint density at radius 3 is 2.00 bits per heavy atom. The summed E-state index contributed by atoms with van der Waals surface area (Å²) in [6, 6.07) is 32.7. The van der Waals surface area contributed by atoms with Gasteiger partial charge in [-0.3, -0.25) is 29.4 Å². The Morgan fingerprint density at radius 2 is 1.37 bits per heavy atom. The Morgan fingerprint density at radius 1 is 0.754 bits per heavy atom. The van der Waals surface area contributed by atoms with E-state index in [0.29, 0.717) is 24.4 Å². The number of phenols is 1. The minimum absolute atomic E-state index is 0.125. The zero-order chi connectivity index (χ0) is 39.9. The fourth-order valence-electron chi connectivity index (χ4n) is 8.83. The van der Waals surface area contributed by atoms with Gasteiger partial charge in [0.05, 0.1) is 0 Å². The predicted octanol–water partition coefficient (Wildman–Crippen LogP) is 6.26. The van der Waals surface area contributed by atoms with Crippen LogP contribution in [0.15, 0.2) is 97.1 Å². The van der Waals surface area contributed by atoms with Crippen LogP contribution in [0.3, 0.4) is 0 Å². The van der Waals surface area contributed by atoms with Gasteiger partial charge in [-0.2, -0.15) is 0 Å². The first-order chi connectivity index (χ1) is 27.8. The highest BCUT2D eigenvalue weighted by molar-refractivity contribution is 6.05. The average molecular weight is 770 g/mol. The van der Waals surface area contributed by atoms with E-state index < -0.39 is 6.04 Å². The van der Waals surface area contributed by atoms with Gasteiger partial charge in [0.25, 0.3) is 12.4 Å². The molecule has 0 aromatic heterocycles. The van der Waals surface area contributed by atoms with Crippen molar-refractivity contribution in [3.63, 3.8) is 0 Å². The molecule has 0 unspecified atom stereocenters. The topological polar surface area (TPSA) is 134 Å². The van der Waals surface area contributed by atoms with Crippen molar-refractivity contribution in [3.8, 4) is 5.75 Å². The molecular formula is C46H51N5O6. The number of nitrogens with zero attached hydrogens (tertiary/aromatic N) is 4. The number of phenolic OH excluding ortho intramolecular Hbond substituents is 1. The summed E-state index contributed by atoms with van der Waals surface area (Å²) in [5, 5.41) is 19.3. The highest BCUT2D eigenvalue weighted by Gasteiger charge is 2.39. The van der Waals surface area contributed by atoms with Crippen LogP contribution in [0.1, 0.15) is 71.6 Å². The summed E-state index contributed by atoms with van der Waals surface area (Å²) >= 11 is 0. The number of carboxylic acid groups (broad SMARTS) is 1. The van der Waals surface area contributed by atoms with Gasteiger partial charge in [-0.1, -0.05) is 61.5 Å². The minimum atomic E-state index is -0.589. The number of benzene rings is 4. The van der Waals surface area contributed by atoms with E-state index in [2.05, 4.69) is 87.6 Å². The normalized spacial score (nSPS) is 19.4. The molecule has 0 saturated carbocycles. The zero-order valence-electron chi connectivity index (χ0n) is 32.5. The molecule has 3 N–H and O–H groups in total. The van der Waals surface area contributed by atoms with Crippen LogP contribution < -0.4 is 15.1 Å². The second-order valence-electron chi connectivity index (χ2n) is 15.2. The van der Waals surface area contributed by atoms with E-state index >= 15 is 0 Å². The van der Waals surface area contributed by atoms with Crippen LogP contribution in [-0.4, -0.2) is 96.1 Å². The smallest absolute Gasteiger partial charge is 0.290 e. The molecular weight excluding hydrogens is 719 g/mol. The molecule has 4 aromatic rings. The average Bonchev–Trinajstić information content (AvgIpc) is 3.56. The van der Waals surface area contributed by atoms with Crippen LogP contribution in [0, 0.1) is 5.92 Å². The maximum atomic E-state index is 13.1. The number of hydrogen-bond donors (Lipinski definition) is 3. The SMILES string of the molecule is CC/C(=C(\c1ccc(O)cc1)c1ccc(N2CCC(CN3CCN(c4ccc5c(c4)CN([C@H]4CCC(=O)NC4=O)C5=O)CC3)CC2)cc1)c1ccccc1.O=CO. The summed E-state index contributed by atoms with van der Waals surface area (Å²) in [6.45, 7) is 9.51. The molecule has 4 heterocycles. The van der Waals surface area contributed by atoms with E-state index in [1.165, 1.54) is 40.8 Å². The number of imide groups is 1. The van der Waals surface area contributed by atoms with Crippen molar-refractivity contribution in [2.24, 2.45) is 5.92 Å². The highest BCUT2D eigenvalue weighted by Crippen LogP contribution is 2.37. The van der Waals surface area contributed by atoms with E-state index in [9.17, 15) is 19.5 Å². The van der Waals surface area contributed by atoms with Gasteiger partial charge >= 0.3 is 0 Å². The molecule has 4 aliphatic heterocycles. The van der Waals surface area contributed by atoms with Crippen molar-refractivity contribution < 1.29 is 29.4 Å². The summed E-state index contributed by atoms with van der Waals surface area (Å²) in [5.41, 5.74) is 10.0. The second-order valence-corrected chi connectivity index (χ2v) is 15.2. The number of aromatic hydroxyl groups is 1. The third-order valence-corrected chi connectivity index (χ3v) is 11.8. The monoisotopic (exact) mass is 769 g/mol. The van der Waals surface area contributed by atoms with Crippen molar-refractivity contribution in [1.29, 1.82) is 0 Å². The van der Waals surface area contributed by atoms with Gasteiger partial charge in [-0.15, -0.1) is 0 Å². The Labute approximate surface area is 334 Å². The van der Waals surface area contributed by atoms with Crippen molar-refractivity contribution in [2.75, 3.05) is 55.6 Å². The Balaban J connectivity index is 0.00000160. The number of amides is 3. The maximum absolute atomic E-state index is 13.1. The van der Waals surface area contributed by atoms with Gasteiger partial charge in [0.1, 0.15) is 11.8 Å². The van der Waals surface area contributed by atoms with Crippen LogP contribution in [0.2, 0.25) is 0 Å². The summed E-state index contributed by atoms with van der Waals surface area (Å²) in [6.07, 6.45) is 3.89. The molecule has 11 heteroatoms.